The monoisotopic (exact) mass is 459 g/mol. The van der Waals surface area contributed by atoms with Crippen molar-refractivity contribution < 1.29 is 38.4 Å². The van der Waals surface area contributed by atoms with Crippen LogP contribution < -0.4 is 5.32 Å². The fourth-order valence-corrected chi connectivity index (χ4v) is 2.85. The van der Waals surface area contributed by atoms with Gasteiger partial charge in [0.25, 0.3) is 0 Å². The number of benzene rings is 2. The van der Waals surface area contributed by atoms with E-state index in [1.807, 2.05) is 30.3 Å². The summed E-state index contributed by atoms with van der Waals surface area (Å²) in [6, 6.07) is 14.5. The van der Waals surface area contributed by atoms with Crippen molar-refractivity contribution >= 4 is 17.8 Å². The molecule has 1 amide bonds. The quantitative estimate of drug-likeness (QED) is 0.435. The molecule has 9 heteroatoms. The van der Waals surface area contributed by atoms with E-state index in [0.29, 0.717) is 0 Å². The normalized spacial score (nSPS) is 12.4. The number of aromatic hydroxyl groups is 1. The van der Waals surface area contributed by atoms with E-state index in [4.69, 9.17) is 18.9 Å². The van der Waals surface area contributed by atoms with Crippen LogP contribution in [0.4, 0.5) is 0 Å². The Morgan fingerprint density at radius 2 is 1.64 bits per heavy atom. The molecule has 0 bridgehead atoms. The van der Waals surface area contributed by atoms with E-state index < -0.39 is 36.6 Å². The average Bonchev–Trinajstić information content (AvgIpc) is 2.82. The highest BCUT2D eigenvalue weighted by atomic mass is 16.6. The van der Waals surface area contributed by atoms with Gasteiger partial charge in [-0.2, -0.15) is 0 Å². The van der Waals surface area contributed by atoms with Crippen LogP contribution in [0.1, 0.15) is 18.1 Å². The van der Waals surface area contributed by atoms with Gasteiger partial charge in [-0.25, -0.2) is 9.59 Å². The number of phenolic OH excluding ortho intramolecular Hbond substituents is 1. The Morgan fingerprint density at radius 1 is 0.939 bits per heavy atom. The third-order valence-corrected chi connectivity index (χ3v) is 4.56. The van der Waals surface area contributed by atoms with Crippen molar-refractivity contribution in [3.05, 3.63) is 65.7 Å². The summed E-state index contributed by atoms with van der Waals surface area (Å²) in [5.41, 5.74) is 1.56. The summed E-state index contributed by atoms with van der Waals surface area (Å²) < 4.78 is 20.6. The summed E-state index contributed by atoms with van der Waals surface area (Å²) in [7, 11) is 1.34. The zero-order valence-corrected chi connectivity index (χ0v) is 18.7. The van der Waals surface area contributed by atoms with Crippen LogP contribution in [-0.2, 0) is 46.4 Å². The lowest BCUT2D eigenvalue weighted by molar-refractivity contribution is -0.161. The van der Waals surface area contributed by atoms with Gasteiger partial charge in [0.15, 0.2) is 6.10 Å². The SMILES string of the molecule is CCOC(=O)C(Cc1ccc(O)cc1)NC(=O)COCC(OC)C(=O)OCc1ccccc1. The number of methoxy groups -OCH3 is 1. The highest BCUT2D eigenvalue weighted by molar-refractivity contribution is 5.85. The van der Waals surface area contributed by atoms with Crippen LogP contribution in [0.2, 0.25) is 0 Å². The molecule has 2 atom stereocenters. The fourth-order valence-electron chi connectivity index (χ4n) is 2.85. The van der Waals surface area contributed by atoms with Gasteiger partial charge in [0.05, 0.1) is 13.2 Å². The summed E-state index contributed by atoms with van der Waals surface area (Å²) in [5, 5.41) is 12.0. The molecule has 0 spiro atoms. The van der Waals surface area contributed by atoms with Crippen LogP contribution in [0.25, 0.3) is 0 Å². The highest BCUT2D eigenvalue weighted by Crippen LogP contribution is 2.12. The Kier molecular flexibility index (Phi) is 10.9. The molecule has 2 aromatic carbocycles. The van der Waals surface area contributed by atoms with Crippen molar-refractivity contribution in [1.82, 2.24) is 5.32 Å². The number of carbonyl (C=O) groups excluding carboxylic acids is 3. The minimum Gasteiger partial charge on any atom is -0.508 e. The van der Waals surface area contributed by atoms with Crippen LogP contribution in [0.15, 0.2) is 54.6 Å². The van der Waals surface area contributed by atoms with E-state index in [-0.39, 0.29) is 32.0 Å². The number of phenols is 1. The van der Waals surface area contributed by atoms with Crippen LogP contribution >= 0.6 is 0 Å². The zero-order valence-electron chi connectivity index (χ0n) is 18.7. The van der Waals surface area contributed by atoms with Gasteiger partial charge >= 0.3 is 11.9 Å². The fraction of sp³-hybridized carbons (Fsp3) is 0.375. The first kappa shape index (κ1) is 25.8. The standard InChI is InChI=1S/C24H29NO8/c1-3-32-23(28)20(13-17-9-11-19(26)12-10-17)25-22(27)16-31-15-21(30-2)24(29)33-14-18-7-5-4-6-8-18/h4-12,20-21,26H,3,13-16H2,1-2H3,(H,25,27). The maximum absolute atomic E-state index is 12.3. The van der Waals surface area contributed by atoms with Gasteiger partial charge in [0.1, 0.15) is 25.0 Å². The van der Waals surface area contributed by atoms with Crippen molar-refractivity contribution in [2.75, 3.05) is 26.9 Å². The lowest BCUT2D eigenvalue weighted by Gasteiger charge is -2.18. The highest BCUT2D eigenvalue weighted by Gasteiger charge is 2.24. The Balaban J connectivity index is 1.82. The number of nitrogens with one attached hydrogen (secondary N) is 1. The first-order chi connectivity index (χ1) is 15.9. The maximum Gasteiger partial charge on any atom is 0.338 e. The van der Waals surface area contributed by atoms with Gasteiger partial charge in [0.2, 0.25) is 5.91 Å². The number of hydrogen-bond donors (Lipinski definition) is 2. The molecule has 0 aliphatic rings. The van der Waals surface area contributed by atoms with Crippen LogP contribution in [0.5, 0.6) is 5.75 Å². The number of amides is 1. The minimum atomic E-state index is -1.00. The van der Waals surface area contributed by atoms with Gasteiger partial charge in [-0.05, 0) is 30.2 Å². The molecule has 0 aromatic heterocycles. The van der Waals surface area contributed by atoms with Gasteiger partial charge in [-0.3, -0.25) is 4.79 Å². The molecule has 9 nitrogen and oxygen atoms in total. The van der Waals surface area contributed by atoms with E-state index in [1.54, 1.807) is 19.1 Å². The first-order valence-corrected chi connectivity index (χ1v) is 10.5. The lowest BCUT2D eigenvalue weighted by Crippen LogP contribution is -2.45. The van der Waals surface area contributed by atoms with Gasteiger partial charge < -0.3 is 29.4 Å². The Labute approximate surface area is 192 Å². The molecule has 0 aliphatic heterocycles. The topological polar surface area (TPSA) is 120 Å². The summed E-state index contributed by atoms with van der Waals surface area (Å²) in [4.78, 5) is 36.7. The molecular formula is C24H29NO8. The zero-order chi connectivity index (χ0) is 24.1. The maximum atomic E-state index is 12.3. The van der Waals surface area contributed by atoms with Crippen molar-refractivity contribution in [3.63, 3.8) is 0 Å². The number of esters is 2. The molecule has 0 radical (unpaired) electrons. The van der Waals surface area contributed by atoms with Crippen molar-refractivity contribution in [2.45, 2.75) is 32.1 Å². The third-order valence-electron chi connectivity index (χ3n) is 4.56. The van der Waals surface area contributed by atoms with E-state index in [0.717, 1.165) is 11.1 Å². The lowest BCUT2D eigenvalue weighted by atomic mass is 10.1. The molecular weight excluding hydrogens is 430 g/mol. The van der Waals surface area contributed by atoms with Crippen LogP contribution in [0.3, 0.4) is 0 Å². The second kappa shape index (κ2) is 13.9. The van der Waals surface area contributed by atoms with Crippen LogP contribution in [-0.4, -0.2) is 62.0 Å². The molecule has 2 rings (SSSR count). The molecule has 2 aromatic rings. The summed E-state index contributed by atoms with van der Waals surface area (Å²) in [5.74, 6) is -1.66. The van der Waals surface area contributed by atoms with Crippen molar-refractivity contribution in [1.29, 1.82) is 0 Å². The van der Waals surface area contributed by atoms with E-state index >= 15 is 0 Å². The first-order valence-electron chi connectivity index (χ1n) is 10.5. The second-order valence-electron chi connectivity index (χ2n) is 7.08. The van der Waals surface area contributed by atoms with Crippen molar-refractivity contribution in [3.8, 4) is 5.75 Å². The molecule has 2 unspecified atom stereocenters. The number of rotatable bonds is 13. The molecule has 0 aliphatic carbocycles. The number of ether oxygens (including phenoxy) is 4. The van der Waals surface area contributed by atoms with Gasteiger partial charge in [0, 0.05) is 13.5 Å². The predicted molar refractivity (Wildman–Crippen MR) is 118 cm³/mol. The molecule has 0 heterocycles. The molecule has 0 fully saturated rings. The molecule has 0 saturated heterocycles. The largest absolute Gasteiger partial charge is 0.508 e. The summed E-state index contributed by atoms with van der Waals surface area (Å²) >= 11 is 0. The van der Waals surface area contributed by atoms with Crippen LogP contribution in [0, 0.1) is 0 Å². The average molecular weight is 459 g/mol. The summed E-state index contributed by atoms with van der Waals surface area (Å²) in [6.07, 6.45) is -0.823. The molecule has 178 valence electrons. The second-order valence-corrected chi connectivity index (χ2v) is 7.08. The molecule has 2 N–H and O–H groups in total. The Bertz CT molecular complexity index is 885. The number of hydrogen-bond acceptors (Lipinski definition) is 8. The number of carbonyl (C=O) groups is 3. The summed E-state index contributed by atoms with van der Waals surface area (Å²) in [6.45, 7) is 1.34. The van der Waals surface area contributed by atoms with E-state index in [1.165, 1.54) is 19.2 Å². The minimum absolute atomic E-state index is 0.0957. The molecule has 33 heavy (non-hydrogen) atoms. The smallest absolute Gasteiger partial charge is 0.338 e. The van der Waals surface area contributed by atoms with Crippen molar-refractivity contribution in [2.24, 2.45) is 0 Å². The Morgan fingerprint density at radius 3 is 2.27 bits per heavy atom. The third kappa shape index (κ3) is 9.30. The molecule has 0 saturated carbocycles. The van der Waals surface area contributed by atoms with Gasteiger partial charge in [-0.1, -0.05) is 42.5 Å². The predicted octanol–water partition coefficient (Wildman–Crippen LogP) is 1.76. The Hall–Kier alpha value is -3.43. The van der Waals surface area contributed by atoms with Gasteiger partial charge in [-0.15, -0.1) is 0 Å². The van der Waals surface area contributed by atoms with E-state index in [9.17, 15) is 19.5 Å². The van der Waals surface area contributed by atoms with E-state index in [2.05, 4.69) is 5.32 Å².